The van der Waals surface area contributed by atoms with Gasteiger partial charge in [0.1, 0.15) is 5.75 Å². The first-order valence-corrected chi connectivity index (χ1v) is 22.4. The summed E-state index contributed by atoms with van der Waals surface area (Å²) in [6.07, 6.45) is 6.81. The third kappa shape index (κ3) is 7.18. The summed E-state index contributed by atoms with van der Waals surface area (Å²) >= 11 is 0. The number of hydrogen-bond donors (Lipinski definition) is 1. The summed E-state index contributed by atoms with van der Waals surface area (Å²) in [6.45, 7) is 7.96. The van der Waals surface area contributed by atoms with Gasteiger partial charge in [0, 0.05) is 68.0 Å². The maximum absolute atomic E-state index is 15.3. The van der Waals surface area contributed by atoms with Crippen LogP contribution in [0.15, 0.2) is 72.9 Å². The first-order chi connectivity index (χ1) is 26.5. The number of carbonyl (C=O) groups is 2. The van der Waals surface area contributed by atoms with E-state index in [1.54, 1.807) is 22.8 Å². The van der Waals surface area contributed by atoms with Crippen LogP contribution in [0.2, 0.25) is 18.6 Å². The average molecular weight is 767 g/mol. The van der Waals surface area contributed by atoms with Crippen LogP contribution in [0.5, 0.6) is 5.75 Å². The van der Waals surface area contributed by atoms with Gasteiger partial charge in [0.05, 0.1) is 44.1 Å². The second-order valence-corrected chi connectivity index (χ2v) is 20.3. The Morgan fingerprint density at radius 3 is 2.58 bits per heavy atom. The molecule has 1 spiro atoms. The van der Waals surface area contributed by atoms with Gasteiger partial charge in [-0.2, -0.15) is 0 Å². The molecular weight excluding hydrogens is 717 g/mol. The number of aliphatic hydroxyl groups excluding tert-OH is 1. The smallest absolute Gasteiger partial charge is 0.269 e. The number of amides is 2. The Morgan fingerprint density at radius 1 is 1.05 bits per heavy atom. The van der Waals surface area contributed by atoms with Crippen molar-refractivity contribution in [3.63, 3.8) is 0 Å². The largest absolute Gasteiger partial charge is 0.497 e. The number of nitrogens with zero attached hydrogens (tertiary/aromatic N) is 6. The third-order valence-corrected chi connectivity index (χ3v) is 16.4. The first-order valence-electron chi connectivity index (χ1n) is 19.3. The second kappa shape index (κ2) is 15.7. The minimum Gasteiger partial charge on any atom is -0.497 e. The highest BCUT2D eigenvalue weighted by molar-refractivity contribution is 6.91. The van der Waals surface area contributed by atoms with E-state index < -0.39 is 24.7 Å². The number of anilines is 2. The van der Waals surface area contributed by atoms with E-state index in [1.165, 1.54) is 17.3 Å². The Bertz CT molecular complexity index is 2050. The Kier molecular flexibility index (Phi) is 10.9. The third-order valence-electron chi connectivity index (χ3n) is 12.0. The van der Waals surface area contributed by atoms with Crippen molar-refractivity contribution in [2.75, 3.05) is 30.1 Å². The van der Waals surface area contributed by atoms with Gasteiger partial charge >= 0.3 is 0 Å². The minimum atomic E-state index is -2.47. The van der Waals surface area contributed by atoms with E-state index in [0.29, 0.717) is 49.3 Å². The van der Waals surface area contributed by atoms with Crippen molar-refractivity contribution in [3.05, 3.63) is 99.9 Å². The highest BCUT2D eigenvalue weighted by atomic mass is 28.3. The molecule has 3 aliphatic rings. The lowest BCUT2D eigenvalue weighted by molar-refractivity contribution is -0.385. The normalized spacial score (nSPS) is 22.9. The van der Waals surface area contributed by atoms with Gasteiger partial charge in [0.15, 0.2) is 5.60 Å². The number of aliphatic hydroxyl groups is 1. The Morgan fingerprint density at radius 2 is 1.84 bits per heavy atom. The number of rotatable bonds is 12. The van der Waals surface area contributed by atoms with E-state index in [2.05, 4.69) is 42.5 Å². The van der Waals surface area contributed by atoms with Crippen LogP contribution < -0.4 is 19.7 Å². The van der Waals surface area contributed by atoms with Crippen molar-refractivity contribution in [1.29, 1.82) is 0 Å². The molecule has 4 atom stereocenters. The summed E-state index contributed by atoms with van der Waals surface area (Å²) < 4.78 is 14.4. The van der Waals surface area contributed by atoms with E-state index in [4.69, 9.17) is 9.47 Å². The van der Waals surface area contributed by atoms with E-state index in [9.17, 15) is 20.0 Å². The van der Waals surface area contributed by atoms with E-state index >= 15 is 4.79 Å². The van der Waals surface area contributed by atoms with Crippen LogP contribution in [0.3, 0.4) is 0 Å². The van der Waals surface area contributed by atoms with E-state index in [-0.39, 0.29) is 42.1 Å². The predicted octanol–water partition coefficient (Wildman–Crippen LogP) is 5.88. The van der Waals surface area contributed by atoms with Crippen LogP contribution in [-0.4, -0.2) is 71.3 Å². The van der Waals surface area contributed by atoms with Crippen molar-refractivity contribution in [3.8, 4) is 5.75 Å². The first kappa shape index (κ1) is 38.4. The molecule has 3 aliphatic heterocycles. The zero-order valence-corrected chi connectivity index (χ0v) is 33.0. The predicted molar refractivity (Wildman–Crippen MR) is 211 cm³/mol. The number of ether oxygens (including phenoxy) is 2. The lowest BCUT2D eigenvalue weighted by atomic mass is 9.82. The molecule has 2 saturated heterocycles. The molecule has 4 aromatic rings. The number of non-ortho nitro benzene ring substituents is 1. The summed E-state index contributed by atoms with van der Waals surface area (Å²) in [6, 6.07) is 20.6. The molecule has 0 saturated carbocycles. The summed E-state index contributed by atoms with van der Waals surface area (Å²) in [5, 5.41) is 31.3. The standard InChI is InChI=1S/C41H50N6O7Si/c1-28-39(55(3,4)34-16-14-33(53-2)15-17-34)37(19-22-44-27-30(20-23-48)42-43-44)54-41(28)35-25-32(47(51)52)13-18-36(35)46(40(41)50)26-29-10-9-11-31(24-29)45-21-8-6-5-7-12-38(45)49/h9-11,13-18,24-25,27-28,37,39,48H,5-8,12,19-23,26H2,1-4H3/t28-,37+,39-,41+/m0/s1. The lowest BCUT2D eigenvalue weighted by Gasteiger charge is -2.37. The number of aromatic nitrogens is 3. The second-order valence-electron chi connectivity index (χ2n) is 15.6. The highest BCUT2D eigenvalue weighted by Gasteiger charge is 2.66. The topological polar surface area (TPSA) is 153 Å². The average Bonchev–Trinajstić information content (AvgIpc) is 3.82. The molecule has 2 amide bonds. The maximum Gasteiger partial charge on any atom is 0.269 e. The number of nitro groups is 1. The van der Waals surface area contributed by atoms with Gasteiger partial charge in [0.2, 0.25) is 5.91 Å². The zero-order valence-electron chi connectivity index (χ0n) is 32.0. The number of carbonyl (C=O) groups excluding carboxylic acids is 2. The molecule has 13 nitrogen and oxygen atoms in total. The van der Waals surface area contributed by atoms with Crippen LogP contribution in [0.1, 0.15) is 62.3 Å². The molecule has 1 aromatic heterocycles. The van der Waals surface area contributed by atoms with E-state index in [1.807, 2.05) is 47.5 Å². The van der Waals surface area contributed by atoms with Gasteiger partial charge in [-0.25, -0.2) is 0 Å². The molecule has 1 N–H and O–H groups in total. The fraction of sp³-hybridized carbons (Fsp3) is 0.463. The van der Waals surface area contributed by atoms with Gasteiger partial charge in [-0.05, 0) is 60.7 Å². The van der Waals surface area contributed by atoms with Gasteiger partial charge < -0.3 is 24.4 Å². The maximum atomic E-state index is 15.3. The number of hydrogen-bond acceptors (Lipinski definition) is 9. The SMILES string of the molecule is COc1ccc([Si](C)(C)[C@@H]2[C@@H](CCn3cc(CCO)nn3)O[C@]3(C(=O)N(Cc4cccc(N5CCCCCCC5=O)c4)c4ccc([N+](=O)[O-])cc43)[C@H]2C)cc1. The van der Waals surface area contributed by atoms with Crippen molar-refractivity contribution >= 4 is 42.1 Å². The molecule has 0 aliphatic carbocycles. The van der Waals surface area contributed by atoms with Crippen molar-refractivity contribution in [2.45, 2.75) is 95.3 Å². The molecule has 0 unspecified atom stereocenters. The highest BCUT2D eigenvalue weighted by Crippen LogP contribution is 2.60. The molecular formula is C41H50N6O7Si. The van der Waals surface area contributed by atoms with Gasteiger partial charge in [-0.1, -0.05) is 67.5 Å². The summed E-state index contributed by atoms with van der Waals surface area (Å²) in [5.41, 5.74) is 1.77. The Balaban J connectivity index is 1.28. The van der Waals surface area contributed by atoms with Crippen LogP contribution in [0, 0.1) is 16.0 Å². The summed E-state index contributed by atoms with van der Waals surface area (Å²) in [7, 11) is -0.833. The van der Waals surface area contributed by atoms with Gasteiger partial charge in [-0.3, -0.25) is 24.4 Å². The van der Waals surface area contributed by atoms with Crippen LogP contribution in [0.4, 0.5) is 17.1 Å². The summed E-state index contributed by atoms with van der Waals surface area (Å²) in [5.74, 6) is 0.256. The minimum absolute atomic E-state index is 0.0287. The molecule has 2 fully saturated rings. The Labute approximate surface area is 322 Å². The van der Waals surface area contributed by atoms with Crippen molar-refractivity contribution in [1.82, 2.24) is 15.0 Å². The van der Waals surface area contributed by atoms with Gasteiger partial charge in [-0.15, -0.1) is 5.10 Å². The molecule has 0 radical (unpaired) electrons. The molecule has 14 heteroatoms. The molecule has 290 valence electrons. The Hall–Kier alpha value is -4.92. The lowest BCUT2D eigenvalue weighted by Crippen LogP contribution is -2.51. The zero-order chi connectivity index (χ0) is 38.9. The quantitative estimate of drug-likeness (QED) is 0.106. The van der Waals surface area contributed by atoms with Crippen LogP contribution in [-0.2, 0) is 39.4 Å². The molecule has 4 heterocycles. The fourth-order valence-corrected chi connectivity index (χ4v) is 13.3. The van der Waals surface area contributed by atoms with Crippen LogP contribution in [0.25, 0.3) is 0 Å². The molecule has 0 bridgehead atoms. The van der Waals surface area contributed by atoms with Crippen molar-refractivity contribution < 1.29 is 29.1 Å². The van der Waals surface area contributed by atoms with E-state index in [0.717, 1.165) is 42.7 Å². The number of fused-ring (bicyclic) bond motifs is 2. The summed E-state index contributed by atoms with van der Waals surface area (Å²) in [4.78, 5) is 43.8. The van der Waals surface area contributed by atoms with Crippen LogP contribution >= 0.6 is 0 Å². The molecule has 55 heavy (non-hydrogen) atoms. The van der Waals surface area contributed by atoms with Crippen molar-refractivity contribution in [2.24, 2.45) is 5.92 Å². The fourth-order valence-electron chi connectivity index (χ4n) is 9.22. The van der Waals surface area contributed by atoms with Gasteiger partial charge in [0.25, 0.3) is 11.6 Å². The number of aryl methyl sites for hydroxylation is 1. The number of benzene rings is 3. The number of methoxy groups -OCH3 is 1. The molecule has 7 rings (SSSR count). The number of nitro benzene ring substituents is 1. The molecule has 3 aromatic carbocycles. The monoisotopic (exact) mass is 766 g/mol.